The molecule has 0 spiro atoms. The number of nitrogens with zero attached hydrogens (tertiary/aromatic N) is 3. The summed E-state index contributed by atoms with van der Waals surface area (Å²) in [6.07, 6.45) is 2.72. The monoisotopic (exact) mass is 252 g/mol. The molecule has 0 radical (unpaired) electrons. The summed E-state index contributed by atoms with van der Waals surface area (Å²) >= 11 is 0. The molecule has 3 heterocycles. The van der Waals surface area contributed by atoms with Crippen LogP contribution >= 0.6 is 0 Å². The van der Waals surface area contributed by atoms with Crippen LogP contribution in [0.15, 0.2) is 30.6 Å². The summed E-state index contributed by atoms with van der Waals surface area (Å²) in [5, 5.41) is 3.37. The van der Waals surface area contributed by atoms with Gasteiger partial charge in [-0.2, -0.15) is 0 Å². The molecule has 0 atom stereocenters. The molecule has 1 N–H and O–H groups in total. The lowest BCUT2D eigenvalue weighted by atomic mass is 10.1. The van der Waals surface area contributed by atoms with Gasteiger partial charge in [0.2, 0.25) is 0 Å². The largest absolute Gasteiger partial charge is 0.348 e. The van der Waals surface area contributed by atoms with Crippen molar-refractivity contribution >= 4 is 5.82 Å². The molecular formula is C15H16N4. The maximum absolute atomic E-state index is 4.54. The van der Waals surface area contributed by atoms with E-state index >= 15 is 0 Å². The van der Waals surface area contributed by atoms with Crippen LogP contribution in [0.4, 0.5) is 5.82 Å². The molecule has 0 aliphatic carbocycles. The van der Waals surface area contributed by atoms with Crippen LogP contribution in [0.2, 0.25) is 0 Å². The lowest BCUT2D eigenvalue weighted by Gasteiger charge is -2.24. The van der Waals surface area contributed by atoms with Crippen molar-refractivity contribution in [1.29, 1.82) is 0 Å². The Morgan fingerprint density at radius 3 is 2.63 bits per heavy atom. The van der Waals surface area contributed by atoms with Gasteiger partial charge in [0.15, 0.2) is 0 Å². The predicted octanol–water partition coefficient (Wildman–Crippen LogP) is 1.64. The number of rotatable bonds is 1. The average Bonchev–Trinajstić information content (AvgIpc) is 2.90. The first-order valence-corrected chi connectivity index (χ1v) is 6.77. The number of anilines is 1. The van der Waals surface area contributed by atoms with E-state index in [2.05, 4.69) is 44.5 Å². The van der Waals surface area contributed by atoms with Gasteiger partial charge in [-0.3, -0.25) is 0 Å². The normalized spacial score (nSPS) is 17.2. The number of aromatic nitrogens is 2. The van der Waals surface area contributed by atoms with E-state index < -0.39 is 0 Å². The van der Waals surface area contributed by atoms with Gasteiger partial charge in [-0.1, -0.05) is 24.3 Å². The minimum absolute atomic E-state index is 0.867. The molecule has 0 unspecified atom stereocenters. The fourth-order valence-electron chi connectivity index (χ4n) is 3.02. The molecule has 1 aromatic carbocycles. The van der Waals surface area contributed by atoms with Gasteiger partial charge in [0.25, 0.3) is 0 Å². The van der Waals surface area contributed by atoms with E-state index in [1.807, 2.05) is 0 Å². The molecule has 96 valence electrons. The molecule has 0 amide bonds. The highest BCUT2D eigenvalue weighted by molar-refractivity contribution is 5.53. The van der Waals surface area contributed by atoms with E-state index in [4.69, 9.17) is 0 Å². The number of hydrogen-bond donors (Lipinski definition) is 1. The molecule has 19 heavy (non-hydrogen) atoms. The van der Waals surface area contributed by atoms with Crippen LogP contribution in [-0.4, -0.2) is 16.5 Å². The molecule has 0 bridgehead atoms. The van der Waals surface area contributed by atoms with Gasteiger partial charge in [0.1, 0.15) is 12.1 Å². The Hall–Kier alpha value is -1.94. The average molecular weight is 252 g/mol. The molecule has 2 aliphatic heterocycles. The number of nitrogens with one attached hydrogen (secondary N) is 1. The van der Waals surface area contributed by atoms with Gasteiger partial charge in [0, 0.05) is 25.2 Å². The van der Waals surface area contributed by atoms with Crippen LogP contribution in [0.25, 0.3) is 0 Å². The van der Waals surface area contributed by atoms with E-state index in [1.165, 1.54) is 16.7 Å². The van der Waals surface area contributed by atoms with Crippen LogP contribution in [0.5, 0.6) is 0 Å². The van der Waals surface area contributed by atoms with E-state index in [-0.39, 0.29) is 0 Å². The minimum Gasteiger partial charge on any atom is -0.348 e. The first-order valence-electron chi connectivity index (χ1n) is 6.77. The minimum atomic E-state index is 0.867. The van der Waals surface area contributed by atoms with Gasteiger partial charge in [0.05, 0.1) is 5.69 Å². The van der Waals surface area contributed by atoms with E-state index in [9.17, 15) is 0 Å². The van der Waals surface area contributed by atoms with E-state index in [0.717, 1.165) is 44.1 Å². The highest BCUT2D eigenvalue weighted by Crippen LogP contribution is 2.30. The van der Waals surface area contributed by atoms with Crippen LogP contribution < -0.4 is 10.2 Å². The molecule has 4 nitrogen and oxygen atoms in total. The smallest absolute Gasteiger partial charge is 0.136 e. The zero-order chi connectivity index (χ0) is 12.7. The van der Waals surface area contributed by atoms with Crippen molar-refractivity contribution in [3.05, 3.63) is 53.0 Å². The second kappa shape index (κ2) is 4.31. The van der Waals surface area contributed by atoms with Crippen LogP contribution in [0.3, 0.4) is 0 Å². The molecule has 4 rings (SSSR count). The molecule has 2 aliphatic rings. The van der Waals surface area contributed by atoms with Crippen molar-refractivity contribution in [3.63, 3.8) is 0 Å². The van der Waals surface area contributed by atoms with Crippen molar-refractivity contribution in [2.75, 3.05) is 11.4 Å². The summed E-state index contributed by atoms with van der Waals surface area (Å²) < 4.78 is 0. The van der Waals surface area contributed by atoms with Crippen molar-refractivity contribution < 1.29 is 0 Å². The van der Waals surface area contributed by atoms with Gasteiger partial charge < -0.3 is 10.2 Å². The Balaban J connectivity index is 1.72. The Morgan fingerprint density at radius 2 is 1.84 bits per heavy atom. The third-order valence-electron chi connectivity index (χ3n) is 4.00. The quantitative estimate of drug-likeness (QED) is 0.837. The molecule has 0 fully saturated rings. The van der Waals surface area contributed by atoms with Crippen LogP contribution in [-0.2, 0) is 26.1 Å². The van der Waals surface area contributed by atoms with E-state index in [1.54, 1.807) is 6.33 Å². The third kappa shape index (κ3) is 1.79. The van der Waals surface area contributed by atoms with Crippen molar-refractivity contribution in [2.24, 2.45) is 0 Å². The predicted molar refractivity (Wildman–Crippen MR) is 73.8 cm³/mol. The second-order valence-corrected chi connectivity index (χ2v) is 5.17. The SMILES string of the molecule is c1ccc2c(c1)CN(c1ncnc3c1CCNC3)C2. The van der Waals surface area contributed by atoms with Gasteiger partial charge in [-0.25, -0.2) is 9.97 Å². The summed E-state index contributed by atoms with van der Waals surface area (Å²) in [4.78, 5) is 11.3. The zero-order valence-corrected chi connectivity index (χ0v) is 10.8. The molecule has 1 aromatic heterocycles. The first-order chi connectivity index (χ1) is 9.42. The molecular weight excluding hydrogens is 236 g/mol. The van der Waals surface area contributed by atoms with Gasteiger partial charge in [-0.05, 0) is 24.1 Å². The topological polar surface area (TPSA) is 41.1 Å². The Labute approximate surface area is 112 Å². The Morgan fingerprint density at radius 1 is 1.05 bits per heavy atom. The van der Waals surface area contributed by atoms with Crippen molar-refractivity contribution in [1.82, 2.24) is 15.3 Å². The van der Waals surface area contributed by atoms with E-state index in [0.29, 0.717) is 0 Å². The maximum Gasteiger partial charge on any atom is 0.136 e. The molecule has 4 heteroatoms. The summed E-state index contributed by atoms with van der Waals surface area (Å²) in [7, 11) is 0. The summed E-state index contributed by atoms with van der Waals surface area (Å²) in [5.41, 5.74) is 5.33. The summed E-state index contributed by atoms with van der Waals surface area (Å²) in [5.74, 6) is 1.13. The van der Waals surface area contributed by atoms with Gasteiger partial charge >= 0.3 is 0 Å². The molecule has 2 aromatic rings. The molecule has 0 saturated carbocycles. The fraction of sp³-hybridized carbons (Fsp3) is 0.333. The highest BCUT2D eigenvalue weighted by Gasteiger charge is 2.24. The van der Waals surface area contributed by atoms with Crippen LogP contribution in [0.1, 0.15) is 22.4 Å². The number of benzene rings is 1. The Bertz CT molecular complexity index is 598. The highest BCUT2D eigenvalue weighted by atomic mass is 15.2. The number of fused-ring (bicyclic) bond motifs is 2. The fourth-order valence-corrected chi connectivity index (χ4v) is 3.02. The summed E-state index contributed by atoms with van der Waals surface area (Å²) in [6.45, 7) is 3.82. The zero-order valence-electron chi connectivity index (χ0n) is 10.8. The standard InChI is InChI=1S/C15H16N4/c1-2-4-12-9-19(8-11(12)3-1)15-13-5-6-16-7-14(13)17-10-18-15/h1-4,10,16H,5-9H2. The number of hydrogen-bond acceptors (Lipinski definition) is 4. The maximum atomic E-state index is 4.54. The lowest BCUT2D eigenvalue weighted by Crippen LogP contribution is -2.28. The first kappa shape index (κ1) is 10.9. The second-order valence-electron chi connectivity index (χ2n) is 5.17. The third-order valence-corrected chi connectivity index (χ3v) is 4.00. The van der Waals surface area contributed by atoms with Crippen molar-refractivity contribution in [3.8, 4) is 0 Å². The summed E-state index contributed by atoms with van der Waals surface area (Å²) in [6, 6.07) is 8.65. The Kier molecular flexibility index (Phi) is 2.48. The van der Waals surface area contributed by atoms with Gasteiger partial charge in [-0.15, -0.1) is 0 Å². The lowest BCUT2D eigenvalue weighted by molar-refractivity contribution is 0.619. The van der Waals surface area contributed by atoms with Crippen molar-refractivity contribution in [2.45, 2.75) is 26.1 Å². The molecule has 0 saturated heterocycles. The van der Waals surface area contributed by atoms with Crippen LogP contribution in [0, 0.1) is 0 Å².